The van der Waals surface area contributed by atoms with Crippen molar-refractivity contribution in [2.75, 3.05) is 25.8 Å². The van der Waals surface area contributed by atoms with E-state index in [9.17, 15) is 4.39 Å². The Labute approximate surface area is 145 Å². The number of benzene rings is 2. The van der Waals surface area contributed by atoms with Gasteiger partial charge >= 0.3 is 0 Å². The first-order chi connectivity index (χ1) is 12.2. The van der Waals surface area contributed by atoms with Crippen LogP contribution in [-0.4, -0.2) is 26.4 Å². The van der Waals surface area contributed by atoms with E-state index in [1.54, 1.807) is 7.11 Å². The maximum atomic E-state index is 13.7. The van der Waals surface area contributed by atoms with Crippen LogP contribution in [0.4, 0.5) is 10.1 Å². The van der Waals surface area contributed by atoms with Crippen molar-refractivity contribution in [1.29, 1.82) is 0 Å². The van der Waals surface area contributed by atoms with Crippen molar-refractivity contribution in [1.82, 2.24) is 0 Å². The molecule has 1 heterocycles. The van der Waals surface area contributed by atoms with Gasteiger partial charge in [-0.3, -0.25) is 4.99 Å². The highest BCUT2D eigenvalue weighted by Gasteiger charge is 2.16. The fourth-order valence-corrected chi connectivity index (χ4v) is 2.60. The van der Waals surface area contributed by atoms with Gasteiger partial charge in [-0.05, 0) is 48.4 Å². The summed E-state index contributed by atoms with van der Waals surface area (Å²) in [6.45, 7) is 0.940. The second kappa shape index (κ2) is 7.85. The third kappa shape index (κ3) is 4.39. The lowest BCUT2D eigenvalue weighted by molar-refractivity contribution is -0.0172. The second-order valence-corrected chi connectivity index (χ2v) is 5.53. The maximum Gasteiger partial charge on any atom is 0.193 e. The Morgan fingerprint density at radius 2 is 2.12 bits per heavy atom. The molecule has 0 unspecified atom stereocenters. The minimum absolute atomic E-state index is 0.177. The van der Waals surface area contributed by atoms with Gasteiger partial charge in [0, 0.05) is 17.8 Å². The molecule has 0 amide bonds. The number of guanidine groups is 1. The van der Waals surface area contributed by atoms with Crippen LogP contribution in [0.2, 0.25) is 0 Å². The minimum Gasteiger partial charge on any atom is -0.497 e. The molecule has 1 aliphatic heterocycles. The van der Waals surface area contributed by atoms with Crippen molar-refractivity contribution in [2.45, 2.75) is 13.0 Å². The van der Waals surface area contributed by atoms with Crippen LogP contribution in [-0.2, 0) is 17.8 Å². The molecule has 0 atom stereocenters. The van der Waals surface area contributed by atoms with Crippen molar-refractivity contribution < 1.29 is 18.6 Å². The van der Waals surface area contributed by atoms with Crippen molar-refractivity contribution in [3.05, 3.63) is 53.3 Å². The molecule has 0 radical (unpaired) electrons. The van der Waals surface area contributed by atoms with Gasteiger partial charge in [-0.1, -0.05) is 0 Å². The Morgan fingerprint density at radius 3 is 2.88 bits per heavy atom. The summed E-state index contributed by atoms with van der Waals surface area (Å²) < 4.78 is 29.5. The molecule has 0 fully saturated rings. The lowest BCUT2D eigenvalue weighted by Gasteiger charge is -2.20. The van der Waals surface area contributed by atoms with Gasteiger partial charge in [0.15, 0.2) is 12.8 Å². The first-order valence-corrected chi connectivity index (χ1v) is 7.88. The number of anilines is 1. The van der Waals surface area contributed by atoms with Crippen molar-refractivity contribution in [3.63, 3.8) is 0 Å². The molecule has 0 aliphatic carbocycles. The number of nitrogens with one attached hydrogen (secondary N) is 1. The summed E-state index contributed by atoms with van der Waals surface area (Å²) in [4.78, 5) is 4.28. The molecule has 3 N–H and O–H groups in total. The number of aliphatic imine (C=N–C) groups is 1. The number of methoxy groups -OCH3 is 1. The van der Waals surface area contributed by atoms with Gasteiger partial charge in [0.2, 0.25) is 0 Å². The van der Waals surface area contributed by atoms with E-state index in [0.29, 0.717) is 31.3 Å². The Hall–Kier alpha value is -2.80. The molecule has 7 heteroatoms. The third-order valence-electron chi connectivity index (χ3n) is 3.78. The Balaban J connectivity index is 1.61. The van der Waals surface area contributed by atoms with E-state index in [-0.39, 0.29) is 12.6 Å². The molecule has 2 aromatic carbocycles. The zero-order valence-electron chi connectivity index (χ0n) is 13.9. The molecule has 0 bridgehead atoms. The molecular formula is C18H20FN3O3. The average molecular weight is 345 g/mol. The molecule has 1 aliphatic rings. The quantitative estimate of drug-likeness (QED) is 0.643. The van der Waals surface area contributed by atoms with Gasteiger partial charge < -0.3 is 25.3 Å². The third-order valence-corrected chi connectivity index (χ3v) is 3.78. The number of hydrogen-bond donors (Lipinski definition) is 2. The van der Waals surface area contributed by atoms with E-state index >= 15 is 0 Å². The number of nitrogens with zero attached hydrogens (tertiary/aromatic N) is 1. The monoisotopic (exact) mass is 345 g/mol. The average Bonchev–Trinajstić information content (AvgIpc) is 2.62. The number of ether oxygens (including phenoxy) is 3. The summed E-state index contributed by atoms with van der Waals surface area (Å²) in [6, 6.07) is 10.2. The number of nitrogens with two attached hydrogens (primary N) is 1. The molecular weight excluding hydrogens is 325 g/mol. The zero-order chi connectivity index (χ0) is 17.6. The van der Waals surface area contributed by atoms with E-state index in [0.717, 1.165) is 22.6 Å². The highest BCUT2D eigenvalue weighted by molar-refractivity contribution is 5.92. The van der Waals surface area contributed by atoms with Crippen LogP contribution in [0.15, 0.2) is 41.4 Å². The standard InChI is InChI=1S/C18H20FN3O3/c1-23-16-4-2-15(3-5-16)22-18(20)21-7-6-12-8-14(19)9-13-10-24-11-25-17(12)13/h2-5,8-9H,6-7,10-11H2,1H3,(H3,20,21,22). The van der Waals surface area contributed by atoms with Crippen LogP contribution in [0.1, 0.15) is 11.1 Å². The number of halogens is 1. The van der Waals surface area contributed by atoms with Crippen LogP contribution >= 0.6 is 0 Å². The van der Waals surface area contributed by atoms with E-state index in [4.69, 9.17) is 19.9 Å². The molecule has 25 heavy (non-hydrogen) atoms. The van der Waals surface area contributed by atoms with E-state index in [2.05, 4.69) is 10.3 Å². The molecule has 3 rings (SSSR count). The van der Waals surface area contributed by atoms with E-state index < -0.39 is 0 Å². The highest BCUT2D eigenvalue weighted by Crippen LogP contribution is 2.29. The molecule has 132 valence electrons. The Bertz CT molecular complexity index is 763. The van der Waals surface area contributed by atoms with Crippen molar-refractivity contribution in [3.8, 4) is 11.5 Å². The van der Waals surface area contributed by atoms with Gasteiger partial charge in [0.1, 0.15) is 17.3 Å². The van der Waals surface area contributed by atoms with Crippen molar-refractivity contribution in [2.24, 2.45) is 10.7 Å². The second-order valence-electron chi connectivity index (χ2n) is 5.53. The van der Waals surface area contributed by atoms with Crippen LogP contribution in [0, 0.1) is 5.82 Å². The predicted molar refractivity (Wildman–Crippen MR) is 93.5 cm³/mol. The number of fused-ring (bicyclic) bond motifs is 1. The Kier molecular flexibility index (Phi) is 5.35. The van der Waals surface area contributed by atoms with Crippen molar-refractivity contribution >= 4 is 11.6 Å². The van der Waals surface area contributed by atoms with Gasteiger partial charge in [-0.15, -0.1) is 0 Å². The summed E-state index contributed by atoms with van der Waals surface area (Å²) in [7, 11) is 1.61. The van der Waals surface area contributed by atoms with Gasteiger partial charge in [-0.2, -0.15) is 0 Å². The summed E-state index contributed by atoms with van der Waals surface area (Å²) in [5.41, 5.74) is 8.18. The molecule has 0 saturated heterocycles. The topological polar surface area (TPSA) is 78.1 Å². The molecule has 6 nitrogen and oxygen atoms in total. The van der Waals surface area contributed by atoms with Crippen LogP contribution in [0.3, 0.4) is 0 Å². The normalized spacial score (nSPS) is 13.8. The van der Waals surface area contributed by atoms with Crippen LogP contribution < -0.4 is 20.5 Å². The largest absolute Gasteiger partial charge is 0.497 e. The lowest BCUT2D eigenvalue weighted by atomic mass is 10.1. The van der Waals surface area contributed by atoms with Gasteiger partial charge in [-0.25, -0.2) is 4.39 Å². The molecule has 2 aromatic rings. The van der Waals surface area contributed by atoms with E-state index in [1.165, 1.54) is 12.1 Å². The maximum absolute atomic E-state index is 13.7. The van der Waals surface area contributed by atoms with Crippen LogP contribution in [0.5, 0.6) is 11.5 Å². The first kappa shape index (κ1) is 17.0. The summed E-state index contributed by atoms with van der Waals surface area (Å²) >= 11 is 0. The number of rotatable bonds is 5. The van der Waals surface area contributed by atoms with Crippen LogP contribution in [0.25, 0.3) is 0 Å². The minimum atomic E-state index is -0.309. The molecule has 0 aromatic heterocycles. The highest BCUT2D eigenvalue weighted by atomic mass is 19.1. The summed E-state index contributed by atoms with van der Waals surface area (Å²) in [6.07, 6.45) is 0.519. The van der Waals surface area contributed by atoms with Gasteiger partial charge in [0.25, 0.3) is 0 Å². The van der Waals surface area contributed by atoms with Gasteiger partial charge in [0.05, 0.1) is 13.7 Å². The first-order valence-electron chi connectivity index (χ1n) is 7.88. The smallest absolute Gasteiger partial charge is 0.193 e. The van der Waals surface area contributed by atoms with E-state index in [1.807, 2.05) is 24.3 Å². The SMILES string of the molecule is COc1ccc(NC(N)=NCCc2cc(F)cc3c2OCOC3)cc1. The summed E-state index contributed by atoms with van der Waals surface area (Å²) in [5, 5.41) is 3.00. The number of hydrogen-bond acceptors (Lipinski definition) is 4. The Morgan fingerprint density at radius 1 is 1.32 bits per heavy atom. The fraction of sp³-hybridized carbons (Fsp3) is 0.278. The zero-order valence-corrected chi connectivity index (χ0v) is 13.9. The summed E-state index contributed by atoms with van der Waals surface area (Å²) in [5.74, 6) is 1.43. The molecule has 0 saturated carbocycles. The lowest BCUT2D eigenvalue weighted by Crippen LogP contribution is -2.23. The predicted octanol–water partition coefficient (Wildman–Crippen LogP) is 2.67. The fourth-order valence-electron chi connectivity index (χ4n) is 2.60. The molecule has 0 spiro atoms.